The van der Waals surface area contributed by atoms with Gasteiger partial charge in [-0.05, 0) is 49.9 Å². The van der Waals surface area contributed by atoms with Gasteiger partial charge in [-0.15, -0.1) is 15.3 Å². The first-order valence-electron chi connectivity index (χ1n) is 12.1. The van der Waals surface area contributed by atoms with Crippen LogP contribution in [0.25, 0.3) is 5.65 Å². The number of anilines is 1. The maximum atomic E-state index is 12.9. The third-order valence-electron chi connectivity index (χ3n) is 7.04. The fraction of sp³-hybridized carbons (Fsp3) is 0.520. The molecule has 0 saturated carbocycles. The van der Waals surface area contributed by atoms with Gasteiger partial charge < -0.3 is 14.7 Å². The number of rotatable bonds is 6. The number of aryl methyl sites for hydroxylation is 1. The lowest BCUT2D eigenvalue weighted by atomic mass is 9.90. The van der Waals surface area contributed by atoms with E-state index in [1.807, 2.05) is 21.5 Å². The highest BCUT2D eigenvalue weighted by Crippen LogP contribution is 2.22. The Balaban J connectivity index is 1.15. The monoisotopic (exact) mass is 447 g/mol. The Labute approximate surface area is 195 Å². The van der Waals surface area contributed by atoms with Gasteiger partial charge in [-0.1, -0.05) is 30.3 Å². The van der Waals surface area contributed by atoms with Crippen molar-refractivity contribution in [3.63, 3.8) is 0 Å². The summed E-state index contributed by atoms with van der Waals surface area (Å²) in [5, 5.41) is 13.4. The fourth-order valence-electron chi connectivity index (χ4n) is 4.89. The van der Waals surface area contributed by atoms with Crippen LogP contribution >= 0.6 is 0 Å². The van der Waals surface area contributed by atoms with Gasteiger partial charge in [0.1, 0.15) is 5.82 Å². The molecule has 8 heteroatoms. The van der Waals surface area contributed by atoms with E-state index >= 15 is 0 Å². The summed E-state index contributed by atoms with van der Waals surface area (Å²) in [6.07, 6.45) is 4.26. The van der Waals surface area contributed by atoms with Crippen molar-refractivity contribution in [3.05, 3.63) is 53.9 Å². The summed E-state index contributed by atoms with van der Waals surface area (Å²) in [5.41, 5.74) is 2.13. The molecule has 2 aliphatic rings. The van der Waals surface area contributed by atoms with Gasteiger partial charge in [0.05, 0.1) is 0 Å². The van der Waals surface area contributed by atoms with Crippen LogP contribution in [0.4, 0.5) is 5.82 Å². The summed E-state index contributed by atoms with van der Waals surface area (Å²) in [4.78, 5) is 19.5. The van der Waals surface area contributed by atoms with Crippen molar-refractivity contribution < 1.29 is 4.79 Å². The second-order valence-corrected chi connectivity index (χ2v) is 9.38. The minimum Gasteiger partial charge on any atom is -0.353 e. The average molecular weight is 448 g/mol. The first kappa shape index (κ1) is 21.8. The molecule has 2 saturated heterocycles. The summed E-state index contributed by atoms with van der Waals surface area (Å²) in [6, 6.07) is 14.6. The summed E-state index contributed by atoms with van der Waals surface area (Å²) < 4.78 is 1.81. The molecule has 0 N–H and O–H groups in total. The number of likely N-dealkylation sites (N-methyl/N-ethyl adjacent to an activating group) is 1. The zero-order valence-electron chi connectivity index (χ0n) is 19.4. The van der Waals surface area contributed by atoms with Crippen molar-refractivity contribution in [1.29, 1.82) is 0 Å². The molecule has 1 aromatic carbocycles. The van der Waals surface area contributed by atoms with E-state index in [4.69, 9.17) is 5.10 Å². The molecule has 8 nitrogen and oxygen atoms in total. The molecule has 2 aromatic heterocycles. The number of benzene rings is 1. The van der Waals surface area contributed by atoms with Crippen molar-refractivity contribution in [2.24, 2.45) is 5.92 Å². The third kappa shape index (κ3) is 5.16. The number of amides is 1. The Kier molecular flexibility index (Phi) is 6.53. The third-order valence-corrected chi connectivity index (χ3v) is 7.04. The summed E-state index contributed by atoms with van der Waals surface area (Å²) >= 11 is 0. The molecule has 0 unspecified atom stereocenters. The minimum atomic E-state index is 0.208. The molecular formula is C25H33N7O. The smallest absolute Gasteiger partial charge is 0.223 e. The number of nitrogens with zero attached hydrogens (tertiary/aromatic N) is 7. The quantitative estimate of drug-likeness (QED) is 0.578. The summed E-state index contributed by atoms with van der Waals surface area (Å²) in [6.45, 7) is 5.69. The lowest BCUT2D eigenvalue weighted by Crippen LogP contribution is -2.45. The van der Waals surface area contributed by atoms with Gasteiger partial charge in [0.2, 0.25) is 5.91 Å². The van der Waals surface area contributed by atoms with E-state index < -0.39 is 0 Å². The molecular weight excluding hydrogens is 414 g/mol. The standard InChI is InChI=1S/C25H33N7O/c1-29-15-17-30(18-16-29)24-8-7-22-26-27-23(32(22)28-24)9-10-25(33)31-13-11-21(12-14-31)19-20-5-3-2-4-6-20/h2-8,21H,9-19H2,1H3. The number of piperazine rings is 1. The van der Waals surface area contributed by atoms with Crippen LogP contribution in [0.5, 0.6) is 0 Å². The number of likely N-dealkylation sites (tertiary alicyclic amines) is 1. The predicted octanol–water partition coefficient (Wildman–Crippen LogP) is 2.29. The molecule has 0 spiro atoms. The normalized spacial score (nSPS) is 18.2. The summed E-state index contributed by atoms with van der Waals surface area (Å²) in [5.74, 6) is 2.57. The number of aromatic nitrogens is 4. The maximum absolute atomic E-state index is 12.9. The van der Waals surface area contributed by atoms with Crippen molar-refractivity contribution in [3.8, 4) is 0 Å². The molecule has 5 rings (SSSR count). The van der Waals surface area contributed by atoms with Crippen LogP contribution < -0.4 is 4.90 Å². The lowest BCUT2D eigenvalue weighted by molar-refractivity contribution is -0.132. The highest BCUT2D eigenvalue weighted by atomic mass is 16.2. The molecule has 4 heterocycles. The van der Waals surface area contributed by atoms with Crippen LogP contribution in [0.3, 0.4) is 0 Å². The van der Waals surface area contributed by atoms with Crippen molar-refractivity contribution in [1.82, 2.24) is 29.6 Å². The number of carbonyl (C=O) groups excluding carboxylic acids is 1. The molecule has 2 aliphatic heterocycles. The number of carbonyl (C=O) groups is 1. The van der Waals surface area contributed by atoms with Gasteiger partial charge in [0.15, 0.2) is 11.5 Å². The maximum Gasteiger partial charge on any atom is 0.223 e. The van der Waals surface area contributed by atoms with Crippen LogP contribution in [0, 0.1) is 5.92 Å². The molecule has 2 fully saturated rings. The SMILES string of the molecule is CN1CCN(c2ccc3nnc(CCC(=O)N4CCC(Cc5ccccc5)CC4)n3n2)CC1. The van der Waals surface area contributed by atoms with Crippen LogP contribution in [0.15, 0.2) is 42.5 Å². The molecule has 0 atom stereocenters. The molecule has 0 radical (unpaired) electrons. The second-order valence-electron chi connectivity index (χ2n) is 9.38. The number of hydrogen-bond donors (Lipinski definition) is 0. The lowest BCUT2D eigenvalue weighted by Gasteiger charge is -2.33. The Morgan fingerprint density at radius 2 is 1.70 bits per heavy atom. The largest absolute Gasteiger partial charge is 0.353 e. The molecule has 33 heavy (non-hydrogen) atoms. The number of fused-ring (bicyclic) bond motifs is 1. The molecule has 0 bridgehead atoms. The van der Waals surface area contributed by atoms with Crippen molar-refractivity contribution >= 4 is 17.4 Å². The number of piperidine rings is 1. The van der Waals surface area contributed by atoms with Crippen LogP contribution in [-0.2, 0) is 17.6 Å². The van der Waals surface area contributed by atoms with Crippen LogP contribution in [-0.4, -0.2) is 81.8 Å². The van der Waals surface area contributed by atoms with E-state index in [-0.39, 0.29) is 5.91 Å². The first-order valence-corrected chi connectivity index (χ1v) is 12.1. The van der Waals surface area contributed by atoms with Crippen LogP contribution in [0.1, 0.15) is 30.7 Å². The fourth-order valence-corrected chi connectivity index (χ4v) is 4.89. The highest BCUT2D eigenvalue weighted by molar-refractivity contribution is 5.76. The minimum absolute atomic E-state index is 0.208. The van der Waals surface area contributed by atoms with Gasteiger partial charge in [-0.3, -0.25) is 4.79 Å². The zero-order valence-corrected chi connectivity index (χ0v) is 19.4. The van der Waals surface area contributed by atoms with E-state index in [0.717, 1.165) is 75.8 Å². The van der Waals surface area contributed by atoms with Gasteiger partial charge in [-0.25, -0.2) is 0 Å². The Hall–Kier alpha value is -3.00. The first-order chi connectivity index (χ1) is 16.2. The van der Waals surface area contributed by atoms with Gasteiger partial charge >= 0.3 is 0 Å². The Morgan fingerprint density at radius 3 is 2.45 bits per heavy atom. The van der Waals surface area contributed by atoms with E-state index in [1.165, 1.54) is 5.56 Å². The Morgan fingerprint density at radius 1 is 0.939 bits per heavy atom. The Bertz CT molecular complexity index is 1070. The average Bonchev–Trinajstić information content (AvgIpc) is 3.26. The highest BCUT2D eigenvalue weighted by Gasteiger charge is 2.23. The van der Waals surface area contributed by atoms with Crippen molar-refractivity contribution in [2.75, 3.05) is 51.2 Å². The van der Waals surface area contributed by atoms with Gasteiger partial charge in [-0.2, -0.15) is 4.52 Å². The molecule has 0 aliphatic carbocycles. The molecule has 1 amide bonds. The van der Waals surface area contributed by atoms with Crippen molar-refractivity contribution in [2.45, 2.75) is 32.1 Å². The number of hydrogen-bond acceptors (Lipinski definition) is 6. The zero-order chi connectivity index (χ0) is 22.6. The van der Waals surface area contributed by atoms with E-state index in [0.29, 0.717) is 18.8 Å². The van der Waals surface area contributed by atoms with Crippen LogP contribution in [0.2, 0.25) is 0 Å². The van der Waals surface area contributed by atoms with E-state index in [2.05, 4.69) is 57.4 Å². The predicted molar refractivity (Wildman–Crippen MR) is 128 cm³/mol. The van der Waals surface area contributed by atoms with E-state index in [9.17, 15) is 4.79 Å². The molecule has 174 valence electrons. The van der Waals surface area contributed by atoms with E-state index in [1.54, 1.807) is 0 Å². The molecule has 3 aromatic rings. The second kappa shape index (κ2) is 9.87. The van der Waals surface area contributed by atoms with Gasteiger partial charge in [0, 0.05) is 52.1 Å². The summed E-state index contributed by atoms with van der Waals surface area (Å²) in [7, 11) is 2.15. The topological polar surface area (TPSA) is 69.9 Å². The van der Waals surface area contributed by atoms with Gasteiger partial charge in [0.25, 0.3) is 0 Å².